The van der Waals surface area contributed by atoms with Gasteiger partial charge < -0.3 is 14.8 Å². The van der Waals surface area contributed by atoms with Crippen LogP contribution < -0.4 is 26.1 Å². The van der Waals surface area contributed by atoms with Gasteiger partial charge in [0.2, 0.25) is 5.95 Å². The molecule has 0 radical (unpaired) electrons. The number of nitrogen functional groups attached to an aromatic ring is 1. The van der Waals surface area contributed by atoms with Crippen molar-refractivity contribution in [3.8, 4) is 11.5 Å². The van der Waals surface area contributed by atoms with Gasteiger partial charge in [0.25, 0.3) is 0 Å². The Morgan fingerprint density at radius 2 is 1.89 bits per heavy atom. The second-order valence-electron chi connectivity index (χ2n) is 3.60. The van der Waals surface area contributed by atoms with E-state index in [0.717, 1.165) is 5.69 Å². The molecule has 0 fully saturated rings. The summed E-state index contributed by atoms with van der Waals surface area (Å²) in [4.78, 5) is 8.08. The topological polar surface area (TPSA) is 94.3 Å². The molecule has 0 aliphatic carbocycles. The summed E-state index contributed by atoms with van der Waals surface area (Å²) < 4.78 is 10.4. The molecule has 0 bridgehead atoms. The van der Waals surface area contributed by atoms with Crippen LogP contribution in [0.5, 0.6) is 11.5 Å². The molecule has 0 aliphatic rings. The Kier molecular flexibility index (Phi) is 3.99. The molecule has 2 rings (SSSR count). The lowest BCUT2D eigenvalue weighted by atomic mass is 10.2. The Hall–Kier alpha value is -2.54. The van der Waals surface area contributed by atoms with E-state index in [-0.39, 0.29) is 0 Å². The number of anilines is 3. The van der Waals surface area contributed by atoms with Crippen LogP contribution in [0.2, 0.25) is 0 Å². The van der Waals surface area contributed by atoms with Gasteiger partial charge in [-0.1, -0.05) is 0 Å². The van der Waals surface area contributed by atoms with Gasteiger partial charge in [0, 0.05) is 18.0 Å². The molecule has 0 spiro atoms. The fourth-order valence-corrected chi connectivity index (χ4v) is 1.56. The number of nitrogens with one attached hydrogen (secondary N) is 2. The van der Waals surface area contributed by atoms with Gasteiger partial charge in [-0.25, -0.2) is 10.8 Å². The van der Waals surface area contributed by atoms with Crippen molar-refractivity contribution in [2.75, 3.05) is 25.0 Å². The first-order chi connectivity index (χ1) is 9.26. The minimum atomic E-state index is 0.338. The van der Waals surface area contributed by atoms with Crippen LogP contribution in [0.15, 0.2) is 30.5 Å². The molecular weight excluding hydrogens is 246 g/mol. The monoisotopic (exact) mass is 261 g/mol. The number of rotatable bonds is 5. The normalized spacial score (nSPS) is 9.84. The van der Waals surface area contributed by atoms with E-state index in [2.05, 4.69) is 20.7 Å². The van der Waals surface area contributed by atoms with Gasteiger partial charge in [-0.05, 0) is 18.2 Å². The molecule has 7 heteroatoms. The third-order valence-electron chi connectivity index (χ3n) is 2.44. The lowest BCUT2D eigenvalue weighted by Gasteiger charge is -2.11. The molecule has 0 aliphatic heterocycles. The maximum absolute atomic E-state index is 5.26. The van der Waals surface area contributed by atoms with E-state index in [1.165, 1.54) is 0 Å². The second kappa shape index (κ2) is 5.87. The van der Waals surface area contributed by atoms with Crippen LogP contribution >= 0.6 is 0 Å². The van der Waals surface area contributed by atoms with Crippen LogP contribution in [0, 0.1) is 0 Å². The van der Waals surface area contributed by atoms with E-state index in [1.54, 1.807) is 26.5 Å². The third kappa shape index (κ3) is 3.02. The predicted molar refractivity (Wildman–Crippen MR) is 72.7 cm³/mol. The first-order valence-electron chi connectivity index (χ1n) is 5.55. The Bertz CT molecular complexity index is 562. The van der Waals surface area contributed by atoms with Crippen molar-refractivity contribution in [1.82, 2.24) is 9.97 Å². The van der Waals surface area contributed by atoms with E-state index in [4.69, 9.17) is 15.3 Å². The second-order valence-corrected chi connectivity index (χ2v) is 3.60. The summed E-state index contributed by atoms with van der Waals surface area (Å²) in [6.45, 7) is 0. The highest BCUT2D eigenvalue weighted by Gasteiger charge is 2.05. The first kappa shape index (κ1) is 12.9. The molecule has 0 amide bonds. The van der Waals surface area contributed by atoms with Crippen LogP contribution in [-0.4, -0.2) is 24.2 Å². The van der Waals surface area contributed by atoms with Crippen molar-refractivity contribution < 1.29 is 9.47 Å². The smallest absolute Gasteiger partial charge is 0.239 e. The zero-order valence-electron chi connectivity index (χ0n) is 10.7. The van der Waals surface area contributed by atoms with Crippen LogP contribution in [0.4, 0.5) is 17.5 Å². The van der Waals surface area contributed by atoms with Gasteiger partial charge >= 0.3 is 0 Å². The number of hydrazine groups is 1. The van der Waals surface area contributed by atoms with Gasteiger partial charge in [0.05, 0.1) is 14.2 Å². The number of ether oxygens (including phenoxy) is 2. The molecule has 0 unspecified atom stereocenters. The lowest BCUT2D eigenvalue weighted by molar-refractivity contribution is 0.355. The number of hydrogen-bond donors (Lipinski definition) is 3. The number of aromatic nitrogens is 2. The standard InChI is InChI=1S/C12H15N5O2/c1-18-9-4-3-8(7-10(9)19-2)15-11-5-6-14-12(16-11)17-13/h3-7H,13H2,1-2H3,(H2,14,15,16,17). The van der Waals surface area contributed by atoms with E-state index in [0.29, 0.717) is 23.3 Å². The number of methoxy groups -OCH3 is 2. The minimum Gasteiger partial charge on any atom is -0.493 e. The fraction of sp³-hybridized carbons (Fsp3) is 0.167. The van der Waals surface area contributed by atoms with Gasteiger partial charge in [-0.2, -0.15) is 4.98 Å². The largest absolute Gasteiger partial charge is 0.493 e. The highest BCUT2D eigenvalue weighted by atomic mass is 16.5. The Morgan fingerprint density at radius 3 is 2.58 bits per heavy atom. The molecule has 4 N–H and O–H groups in total. The molecule has 1 heterocycles. The lowest BCUT2D eigenvalue weighted by Crippen LogP contribution is -2.10. The summed E-state index contributed by atoms with van der Waals surface area (Å²) >= 11 is 0. The maximum Gasteiger partial charge on any atom is 0.239 e. The predicted octanol–water partition coefficient (Wildman–Crippen LogP) is 1.52. The first-order valence-corrected chi connectivity index (χ1v) is 5.55. The van der Waals surface area contributed by atoms with E-state index >= 15 is 0 Å². The summed E-state index contributed by atoms with van der Waals surface area (Å²) in [5.41, 5.74) is 3.21. The van der Waals surface area contributed by atoms with Crippen LogP contribution in [-0.2, 0) is 0 Å². The van der Waals surface area contributed by atoms with Crippen molar-refractivity contribution >= 4 is 17.5 Å². The van der Waals surface area contributed by atoms with E-state index < -0.39 is 0 Å². The highest BCUT2D eigenvalue weighted by Crippen LogP contribution is 2.30. The van der Waals surface area contributed by atoms with Crippen LogP contribution in [0.25, 0.3) is 0 Å². The molecule has 0 saturated carbocycles. The van der Waals surface area contributed by atoms with Crippen LogP contribution in [0.1, 0.15) is 0 Å². The fourth-order valence-electron chi connectivity index (χ4n) is 1.56. The van der Waals surface area contributed by atoms with Gasteiger partial charge in [0.15, 0.2) is 11.5 Å². The van der Waals surface area contributed by atoms with E-state index in [9.17, 15) is 0 Å². The van der Waals surface area contributed by atoms with Crippen molar-refractivity contribution in [3.05, 3.63) is 30.5 Å². The van der Waals surface area contributed by atoms with Crippen molar-refractivity contribution in [1.29, 1.82) is 0 Å². The number of nitrogens with two attached hydrogens (primary N) is 1. The average molecular weight is 261 g/mol. The van der Waals surface area contributed by atoms with Crippen molar-refractivity contribution in [2.45, 2.75) is 0 Å². The third-order valence-corrected chi connectivity index (χ3v) is 2.44. The maximum atomic E-state index is 5.26. The molecule has 0 atom stereocenters. The summed E-state index contributed by atoms with van der Waals surface area (Å²) in [6.07, 6.45) is 1.60. The molecule has 1 aromatic heterocycles. The SMILES string of the molecule is COc1ccc(Nc2ccnc(NN)n2)cc1OC. The minimum absolute atomic E-state index is 0.338. The summed E-state index contributed by atoms with van der Waals surface area (Å²) in [5, 5.41) is 3.12. The molecular formula is C12H15N5O2. The Morgan fingerprint density at radius 1 is 1.11 bits per heavy atom. The quantitative estimate of drug-likeness (QED) is 0.555. The molecule has 0 saturated heterocycles. The molecule has 19 heavy (non-hydrogen) atoms. The molecule has 2 aromatic rings. The number of hydrogen-bond acceptors (Lipinski definition) is 7. The average Bonchev–Trinajstić information content (AvgIpc) is 2.47. The molecule has 100 valence electrons. The summed E-state index contributed by atoms with van der Waals surface area (Å²) in [5.74, 6) is 7.52. The number of nitrogens with zero attached hydrogens (tertiary/aromatic N) is 2. The van der Waals surface area contributed by atoms with E-state index in [1.807, 2.05) is 18.2 Å². The number of benzene rings is 1. The highest BCUT2D eigenvalue weighted by molar-refractivity contribution is 5.61. The van der Waals surface area contributed by atoms with Gasteiger partial charge in [-0.15, -0.1) is 0 Å². The zero-order chi connectivity index (χ0) is 13.7. The zero-order valence-corrected chi connectivity index (χ0v) is 10.7. The molecule has 1 aromatic carbocycles. The van der Waals surface area contributed by atoms with Crippen LogP contribution in [0.3, 0.4) is 0 Å². The van der Waals surface area contributed by atoms with Crippen molar-refractivity contribution in [3.63, 3.8) is 0 Å². The Balaban J connectivity index is 2.22. The van der Waals surface area contributed by atoms with Gasteiger partial charge in [-0.3, -0.25) is 5.43 Å². The van der Waals surface area contributed by atoms with Crippen molar-refractivity contribution in [2.24, 2.45) is 5.84 Å². The van der Waals surface area contributed by atoms with Gasteiger partial charge in [0.1, 0.15) is 5.82 Å². The molecule has 7 nitrogen and oxygen atoms in total. The Labute approximate surface area is 110 Å². The summed E-state index contributed by atoms with van der Waals surface area (Å²) in [7, 11) is 3.18. The summed E-state index contributed by atoms with van der Waals surface area (Å²) in [6, 6.07) is 7.22.